The Morgan fingerprint density at radius 1 is 0.390 bits per heavy atom. The number of benzene rings is 12. The van der Waals surface area contributed by atoms with Crippen LogP contribution in [-0.2, 0) is 22.4 Å². The van der Waals surface area contributed by atoms with E-state index in [1.165, 1.54) is 72.8 Å². The molecule has 10 aromatic carbocycles. The molecule has 4 amide bonds. The van der Waals surface area contributed by atoms with Crippen LogP contribution in [0.25, 0.3) is 88.9 Å². The summed E-state index contributed by atoms with van der Waals surface area (Å²) >= 11 is 0. The largest absolute Gasteiger partial charge is 0.508 e. The second-order valence-corrected chi connectivity index (χ2v) is 28.3. The average molecular weight is 1570 g/mol. The molecule has 2 aliphatic heterocycles. The Labute approximate surface area is 673 Å². The summed E-state index contributed by atoms with van der Waals surface area (Å²) in [6, 6.07) is 72.3. The number of hydrogen-bond acceptors (Lipinski definition) is 16. The van der Waals surface area contributed by atoms with E-state index in [2.05, 4.69) is 31.2 Å². The molecule has 118 heavy (non-hydrogen) atoms. The van der Waals surface area contributed by atoms with E-state index in [4.69, 9.17) is 28.3 Å². The van der Waals surface area contributed by atoms with Crippen LogP contribution in [0.5, 0.6) is 34.5 Å². The maximum absolute atomic E-state index is 13.3. The Morgan fingerprint density at radius 2 is 0.822 bits per heavy atom. The van der Waals surface area contributed by atoms with Crippen LogP contribution in [0.3, 0.4) is 0 Å². The number of phenolic OH excluding ortho intramolecular Hbond substituents is 2. The number of aromatic nitrogens is 4. The minimum atomic E-state index is -1.24. The Kier molecular flexibility index (Phi) is 23.3. The standard InChI is InChI=1S/2C47H38N4O8/c52-31-14-19-36-41(26-31)59-42-27-32(53)15-20-37(42)45(36)38-24-29(12-18-35(38)47(56)57)46(55)48-22-6-2-5-9-44(54)49-30-13-21-39-40(25-30)51-43(50-39)23-28-10-16-34(17-11-28)58-33-7-3-1-4-8-33;52-31-14-19-36-41(26-31)59-42-27-32(53)15-20-37(42)45(36)35-18-12-29(24-38(35)47(56)57)46(55)48-22-6-2-5-9-44(54)49-30-13-21-39-40(25-30)51-43(50-39)23-28-10-16-34(17-11-28)58-33-7-3-1-4-8-33/h2*1,3-4,7-8,10-21,24-27,52H,2,5-6,9,22-23H2,(H,48,55)(H,49,54)(H,50,51)(H,56,57). The molecule has 0 bridgehead atoms. The minimum Gasteiger partial charge on any atom is -0.508 e. The van der Waals surface area contributed by atoms with Gasteiger partial charge in [0.25, 0.3) is 11.8 Å². The van der Waals surface area contributed by atoms with E-state index >= 15 is 0 Å². The number of aromatic carboxylic acids is 2. The third-order valence-electron chi connectivity index (χ3n) is 19.8. The van der Waals surface area contributed by atoms with Crippen LogP contribution in [0.2, 0.25) is 0 Å². The number of amides is 4. The molecule has 4 heterocycles. The second kappa shape index (κ2) is 35.3. The number of imidazole rings is 2. The summed E-state index contributed by atoms with van der Waals surface area (Å²) in [7, 11) is 0. The normalized spacial score (nSPS) is 11.2. The van der Waals surface area contributed by atoms with Crippen molar-refractivity contribution in [2.24, 2.45) is 0 Å². The maximum atomic E-state index is 13.3. The Balaban J connectivity index is 0.000000185. The number of H-pyrrole nitrogens is 2. The molecule has 0 radical (unpaired) electrons. The van der Waals surface area contributed by atoms with E-state index in [9.17, 15) is 58.8 Å². The predicted octanol–water partition coefficient (Wildman–Crippen LogP) is 18.3. The van der Waals surface area contributed by atoms with E-state index in [0.29, 0.717) is 127 Å². The first-order valence-electron chi connectivity index (χ1n) is 38.3. The number of nitrogens with zero attached hydrogens (tertiary/aromatic N) is 2. The molecule has 0 atom stereocenters. The van der Waals surface area contributed by atoms with Gasteiger partial charge in [0, 0.05) is 119 Å². The van der Waals surface area contributed by atoms with Crippen molar-refractivity contribution in [3.8, 4) is 79.4 Å². The number of unbranched alkanes of at least 4 members (excludes halogenated alkanes) is 4. The van der Waals surface area contributed by atoms with Crippen LogP contribution in [-0.4, -0.2) is 89.0 Å². The zero-order chi connectivity index (χ0) is 81.8. The number of aromatic amines is 2. The topological polar surface area (TPSA) is 368 Å². The van der Waals surface area contributed by atoms with Crippen molar-refractivity contribution in [1.29, 1.82) is 0 Å². The van der Waals surface area contributed by atoms with Gasteiger partial charge in [-0.25, -0.2) is 19.6 Å². The second-order valence-electron chi connectivity index (χ2n) is 28.3. The van der Waals surface area contributed by atoms with E-state index in [1.807, 2.05) is 146 Å². The lowest BCUT2D eigenvalue weighted by Gasteiger charge is -2.17. The third kappa shape index (κ3) is 18.7. The molecule has 0 saturated carbocycles. The molecule has 0 fully saturated rings. The first-order valence-corrected chi connectivity index (χ1v) is 38.3. The fourth-order valence-corrected chi connectivity index (χ4v) is 14.1. The number of para-hydroxylation sites is 2. The summed E-state index contributed by atoms with van der Waals surface area (Å²) in [6.07, 6.45) is 5.69. The quantitative estimate of drug-likeness (QED) is 0.0161. The molecule has 0 saturated heterocycles. The van der Waals surface area contributed by atoms with E-state index in [0.717, 1.165) is 67.8 Å². The number of carboxylic acid groups (broad SMARTS) is 2. The van der Waals surface area contributed by atoms with Gasteiger partial charge in [-0.3, -0.25) is 28.8 Å². The molecule has 24 nitrogen and oxygen atoms in total. The van der Waals surface area contributed by atoms with Gasteiger partial charge in [0.15, 0.2) is 10.9 Å². The lowest BCUT2D eigenvalue weighted by Crippen LogP contribution is -2.24. The van der Waals surface area contributed by atoms with Gasteiger partial charge < -0.3 is 70.0 Å². The molecule has 10 N–H and O–H groups in total. The summed E-state index contributed by atoms with van der Waals surface area (Å²) in [5.41, 5.74) is 9.43. The van der Waals surface area contributed by atoms with Gasteiger partial charge in [-0.05, 0) is 212 Å². The highest BCUT2D eigenvalue weighted by Crippen LogP contribution is 2.45. The van der Waals surface area contributed by atoms with Crippen LogP contribution >= 0.6 is 0 Å². The van der Waals surface area contributed by atoms with Crippen molar-refractivity contribution in [1.82, 2.24) is 30.6 Å². The number of carboxylic acids is 2. The van der Waals surface area contributed by atoms with Gasteiger partial charge in [0.2, 0.25) is 11.8 Å². The number of rotatable bonds is 28. The molecule has 0 spiro atoms. The van der Waals surface area contributed by atoms with Crippen molar-refractivity contribution in [2.45, 2.75) is 64.2 Å². The smallest absolute Gasteiger partial charge is 0.336 e. The number of aromatic hydroxyl groups is 2. The molecule has 0 unspecified atom stereocenters. The third-order valence-corrected chi connectivity index (χ3v) is 19.8. The fraction of sp³-hybridized carbons (Fsp3) is 0.128. The Bertz CT molecular complexity index is 6520. The van der Waals surface area contributed by atoms with E-state index in [-0.39, 0.29) is 84.7 Å². The number of carbonyl (C=O) groups is 6. The van der Waals surface area contributed by atoms with Crippen molar-refractivity contribution < 1.29 is 67.5 Å². The van der Waals surface area contributed by atoms with Crippen LogP contribution in [0, 0.1) is 0 Å². The van der Waals surface area contributed by atoms with Crippen LogP contribution in [0.15, 0.2) is 273 Å². The molecular weight excluding hydrogens is 1500 g/mol. The average Bonchev–Trinajstić information content (AvgIpc) is 0.973. The Morgan fingerprint density at radius 3 is 1.29 bits per heavy atom. The molecule has 2 aromatic heterocycles. The maximum Gasteiger partial charge on any atom is 0.336 e. The molecule has 12 aromatic rings. The minimum absolute atomic E-state index is 0.0464. The summed E-state index contributed by atoms with van der Waals surface area (Å²) in [6.45, 7) is 0.689. The van der Waals surface area contributed by atoms with Crippen LogP contribution in [0.4, 0.5) is 11.4 Å². The van der Waals surface area contributed by atoms with Crippen molar-refractivity contribution >= 4 is 90.9 Å². The summed E-state index contributed by atoms with van der Waals surface area (Å²) in [5.74, 6) is 1.50. The lowest BCUT2D eigenvalue weighted by atomic mass is 9.89. The summed E-state index contributed by atoms with van der Waals surface area (Å²) in [4.78, 5) is 117. The zero-order valence-corrected chi connectivity index (χ0v) is 63.3. The molecule has 16 rings (SSSR count). The van der Waals surface area contributed by atoms with Gasteiger partial charge in [-0.15, -0.1) is 0 Å². The SMILES string of the molecule is O=C(CCCCCNC(=O)c1ccc(-c2c3ccc(=O)cc-3oc3cc(O)ccc23)c(C(=O)O)c1)Nc1ccc2nc(Cc3ccc(Oc4ccccc4)cc3)[nH]c2c1.O=C(CCCCCNC(=O)c1ccc(C(=O)O)c(-c2c3ccc(=O)cc-3oc3cc(O)ccc23)c1)Nc1ccc2nc(Cc3ccc(Oc4ccccc4)cc3)[nH]c2c1. The highest BCUT2D eigenvalue weighted by molar-refractivity contribution is 6.11. The first-order chi connectivity index (χ1) is 57.3. The van der Waals surface area contributed by atoms with E-state index < -0.39 is 23.8 Å². The monoisotopic (exact) mass is 1570 g/mol. The lowest BCUT2D eigenvalue weighted by molar-refractivity contribution is -0.117. The molecule has 4 aliphatic rings. The van der Waals surface area contributed by atoms with Gasteiger partial charge in [0.1, 0.15) is 68.8 Å². The number of fused-ring (bicyclic) bond motifs is 6. The zero-order valence-electron chi connectivity index (χ0n) is 63.3. The highest BCUT2D eigenvalue weighted by atomic mass is 16.5. The van der Waals surface area contributed by atoms with Crippen LogP contribution < -0.4 is 41.6 Å². The van der Waals surface area contributed by atoms with Gasteiger partial charge >= 0.3 is 11.9 Å². The first kappa shape index (κ1) is 77.8. The van der Waals surface area contributed by atoms with Crippen molar-refractivity contribution in [2.75, 3.05) is 23.7 Å². The number of phenols is 2. The predicted molar refractivity (Wildman–Crippen MR) is 449 cm³/mol. The molecule has 588 valence electrons. The van der Waals surface area contributed by atoms with Gasteiger partial charge in [-0.2, -0.15) is 0 Å². The van der Waals surface area contributed by atoms with Gasteiger partial charge in [0.05, 0.1) is 33.2 Å². The fourth-order valence-electron chi connectivity index (χ4n) is 14.1. The number of ether oxygens (including phenoxy) is 2. The number of anilines is 2. The van der Waals surface area contributed by atoms with Crippen molar-refractivity contribution in [3.63, 3.8) is 0 Å². The molecular formula is C94H76N8O16. The molecule has 24 heteroatoms. The number of carbonyl (C=O) groups excluding carboxylic acids is 4. The number of hydrogen-bond donors (Lipinski definition) is 10. The summed E-state index contributed by atoms with van der Waals surface area (Å²) < 4.78 is 23.6. The number of nitrogens with one attached hydrogen (secondary N) is 6. The summed E-state index contributed by atoms with van der Waals surface area (Å²) in [5, 5.41) is 53.2. The van der Waals surface area contributed by atoms with Crippen LogP contribution in [0.1, 0.15) is 116 Å². The highest BCUT2D eigenvalue weighted by Gasteiger charge is 2.27. The molecule has 2 aliphatic carbocycles. The van der Waals surface area contributed by atoms with Gasteiger partial charge in [-0.1, -0.05) is 79.6 Å². The van der Waals surface area contributed by atoms with Crippen molar-refractivity contribution in [3.05, 3.63) is 320 Å². The Hall–Kier alpha value is -15.5. The van der Waals surface area contributed by atoms with E-state index in [1.54, 1.807) is 36.4 Å².